The highest BCUT2D eigenvalue weighted by molar-refractivity contribution is 5.96. The minimum atomic E-state index is -0.0460. The van der Waals surface area contributed by atoms with Crippen LogP contribution in [0.25, 0.3) is 0 Å². The van der Waals surface area contributed by atoms with E-state index in [1.807, 2.05) is 7.05 Å². The molecule has 0 aromatic heterocycles. The van der Waals surface area contributed by atoms with Crippen molar-refractivity contribution in [2.45, 2.75) is 52.0 Å². The molecule has 1 saturated carbocycles. The van der Waals surface area contributed by atoms with Gasteiger partial charge < -0.3 is 4.90 Å². The van der Waals surface area contributed by atoms with Crippen molar-refractivity contribution in [1.29, 1.82) is 0 Å². The van der Waals surface area contributed by atoms with E-state index in [0.29, 0.717) is 12.0 Å². The van der Waals surface area contributed by atoms with E-state index in [1.165, 1.54) is 26.2 Å². The molecule has 0 radical (unpaired) electrons. The summed E-state index contributed by atoms with van der Waals surface area (Å²) in [5.74, 6) is 0.497. The van der Waals surface area contributed by atoms with Gasteiger partial charge in [0.15, 0.2) is 0 Å². The van der Waals surface area contributed by atoms with Crippen LogP contribution in [-0.2, 0) is 9.59 Å². The van der Waals surface area contributed by atoms with Crippen LogP contribution in [0, 0.1) is 5.92 Å². The second kappa shape index (κ2) is 5.29. The second-order valence-corrected chi connectivity index (χ2v) is 4.71. The molecular weight excluding hydrogens is 190 g/mol. The number of hydrogen-bond donors (Lipinski definition) is 0. The first kappa shape index (κ1) is 12.2. The number of Topliss-reactive ketones (excluding diaryl/α,β-unsaturated/α-hetero) is 1. The first-order valence-electron chi connectivity index (χ1n) is 5.77. The molecule has 1 fully saturated rings. The predicted molar refractivity (Wildman–Crippen MR) is 59.5 cm³/mol. The van der Waals surface area contributed by atoms with Crippen molar-refractivity contribution < 1.29 is 9.59 Å². The van der Waals surface area contributed by atoms with E-state index in [2.05, 4.69) is 6.92 Å². The quantitative estimate of drug-likeness (QED) is 0.670. The maximum Gasteiger partial charge on any atom is 0.230 e. The van der Waals surface area contributed by atoms with Crippen LogP contribution in [0.2, 0.25) is 0 Å². The van der Waals surface area contributed by atoms with Gasteiger partial charge in [-0.1, -0.05) is 19.8 Å². The molecule has 3 nitrogen and oxygen atoms in total. The Kier molecular flexibility index (Phi) is 4.30. The lowest BCUT2D eigenvalue weighted by Gasteiger charge is -2.36. The summed E-state index contributed by atoms with van der Waals surface area (Å²) in [6.45, 7) is 3.66. The van der Waals surface area contributed by atoms with Gasteiger partial charge in [-0.15, -0.1) is 0 Å². The number of amides is 1. The van der Waals surface area contributed by atoms with Crippen molar-refractivity contribution in [1.82, 2.24) is 4.90 Å². The molecule has 2 unspecified atom stereocenters. The number of hydrogen-bond acceptors (Lipinski definition) is 2. The average Bonchev–Trinajstić information content (AvgIpc) is 2.16. The average molecular weight is 211 g/mol. The van der Waals surface area contributed by atoms with Gasteiger partial charge in [-0.2, -0.15) is 0 Å². The van der Waals surface area contributed by atoms with E-state index in [-0.39, 0.29) is 18.1 Å². The van der Waals surface area contributed by atoms with Crippen molar-refractivity contribution in [3.8, 4) is 0 Å². The van der Waals surface area contributed by atoms with Crippen LogP contribution in [0.1, 0.15) is 46.0 Å². The van der Waals surface area contributed by atoms with Crippen LogP contribution in [-0.4, -0.2) is 29.7 Å². The summed E-state index contributed by atoms with van der Waals surface area (Å²) in [7, 11) is 1.83. The fraction of sp³-hybridized carbons (Fsp3) is 0.833. The lowest BCUT2D eigenvalue weighted by Crippen LogP contribution is -2.43. The normalized spacial score (nSPS) is 26.1. The fourth-order valence-corrected chi connectivity index (χ4v) is 2.39. The Hall–Kier alpha value is -0.860. The van der Waals surface area contributed by atoms with E-state index < -0.39 is 0 Å². The molecule has 0 aliphatic heterocycles. The maximum atomic E-state index is 11.7. The molecule has 15 heavy (non-hydrogen) atoms. The summed E-state index contributed by atoms with van der Waals surface area (Å²) < 4.78 is 0. The molecular formula is C12H21NO2. The highest BCUT2D eigenvalue weighted by Gasteiger charge is 2.27. The molecule has 1 rings (SSSR count). The van der Waals surface area contributed by atoms with Crippen LogP contribution in [0.3, 0.4) is 0 Å². The standard InChI is InChI=1S/C12H21NO2/c1-9-6-4-5-7-11(9)13(3)12(15)8-10(2)14/h9,11H,4-8H2,1-3H3. The Labute approximate surface area is 91.8 Å². The first-order valence-corrected chi connectivity index (χ1v) is 5.77. The van der Waals surface area contributed by atoms with Crippen molar-refractivity contribution in [3.05, 3.63) is 0 Å². The third-order valence-corrected chi connectivity index (χ3v) is 3.36. The largest absolute Gasteiger partial charge is 0.342 e. The second-order valence-electron chi connectivity index (χ2n) is 4.71. The number of nitrogens with zero attached hydrogens (tertiary/aromatic N) is 1. The first-order chi connectivity index (χ1) is 7.02. The molecule has 1 aliphatic rings. The van der Waals surface area contributed by atoms with E-state index >= 15 is 0 Å². The minimum absolute atomic E-state index is 0.0266. The monoisotopic (exact) mass is 211 g/mol. The highest BCUT2D eigenvalue weighted by Crippen LogP contribution is 2.27. The maximum absolute atomic E-state index is 11.7. The lowest BCUT2D eigenvalue weighted by atomic mass is 9.85. The van der Waals surface area contributed by atoms with Crippen LogP contribution >= 0.6 is 0 Å². The molecule has 1 aliphatic carbocycles. The van der Waals surface area contributed by atoms with Crippen LogP contribution < -0.4 is 0 Å². The third-order valence-electron chi connectivity index (χ3n) is 3.36. The highest BCUT2D eigenvalue weighted by atomic mass is 16.2. The molecule has 0 N–H and O–H groups in total. The van der Waals surface area contributed by atoms with Gasteiger partial charge in [0.05, 0.1) is 6.42 Å². The Morgan fingerprint density at radius 2 is 1.87 bits per heavy atom. The summed E-state index contributed by atoms with van der Waals surface area (Å²) in [5.41, 5.74) is 0. The topological polar surface area (TPSA) is 37.4 Å². The molecule has 3 heteroatoms. The lowest BCUT2D eigenvalue weighted by molar-refractivity contribution is -0.136. The van der Waals surface area contributed by atoms with Crippen molar-refractivity contribution in [2.75, 3.05) is 7.05 Å². The Balaban J connectivity index is 2.53. The van der Waals surface area contributed by atoms with E-state index in [9.17, 15) is 9.59 Å². The number of carbonyl (C=O) groups is 2. The summed E-state index contributed by atoms with van der Waals surface area (Å²) in [6, 6.07) is 0.339. The van der Waals surface area contributed by atoms with Crippen LogP contribution in [0.5, 0.6) is 0 Å². The van der Waals surface area contributed by atoms with Gasteiger partial charge in [0.1, 0.15) is 5.78 Å². The van der Waals surface area contributed by atoms with Gasteiger partial charge in [-0.3, -0.25) is 9.59 Å². The fourth-order valence-electron chi connectivity index (χ4n) is 2.39. The molecule has 0 saturated heterocycles. The summed E-state index contributed by atoms with van der Waals surface area (Å²) >= 11 is 0. The van der Waals surface area contributed by atoms with Gasteiger partial charge in [0.25, 0.3) is 0 Å². The Bertz CT molecular complexity index is 250. The molecule has 0 heterocycles. The van der Waals surface area contributed by atoms with Crippen LogP contribution in [0.4, 0.5) is 0 Å². The van der Waals surface area contributed by atoms with Gasteiger partial charge in [0, 0.05) is 13.1 Å². The number of rotatable bonds is 3. The Morgan fingerprint density at radius 1 is 1.27 bits per heavy atom. The molecule has 0 spiro atoms. The summed E-state index contributed by atoms with van der Waals surface area (Å²) in [4.78, 5) is 24.4. The minimum Gasteiger partial charge on any atom is -0.342 e. The van der Waals surface area contributed by atoms with E-state index in [0.717, 1.165) is 6.42 Å². The number of ketones is 1. The van der Waals surface area contributed by atoms with E-state index in [1.54, 1.807) is 4.90 Å². The summed E-state index contributed by atoms with van der Waals surface area (Å²) in [5, 5.41) is 0. The smallest absolute Gasteiger partial charge is 0.230 e. The van der Waals surface area contributed by atoms with Gasteiger partial charge >= 0.3 is 0 Å². The van der Waals surface area contributed by atoms with Crippen LogP contribution in [0.15, 0.2) is 0 Å². The zero-order chi connectivity index (χ0) is 11.4. The van der Waals surface area contributed by atoms with Gasteiger partial charge in [-0.25, -0.2) is 0 Å². The Morgan fingerprint density at radius 3 is 2.40 bits per heavy atom. The molecule has 1 amide bonds. The van der Waals surface area contributed by atoms with Gasteiger partial charge in [-0.05, 0) is 25.7 Å². The van der Waals surface area contributed by atoms with Crippen molar-refractivity contribution in [3.63, 3.8) is 0 Å². The summed E-state index contributed by atoms with van der Waals surface area (Å²) in [6.07, 6.45) is 4.81. The molecule has 0 bridgehead atoms. The molecule has 0 aromatic carbocycles. The molecule has 0 aromatic rings. The molecule has 2 atom stereocenters. The third kappa shape index (κ3) is 3.33. The zero-order valence-electron chi connectivity index (χ0n) is 9.95. The zero-order valence-corrected chi connectivity index (χ0v) is 9.95. The number of carbonyl (C=O) groups excluding carboxylic acids is 2. The van der Waals surface area contributed by atoms with Crippen molar-refractivity contribution >= 4 is 11.7 Å². The molecule has 86 valence electrons. The van der Waals surface area contributed by atoms with Crippen molar-refractivity contribution in [2.24, 2.45) is 5.92 Å². The predicted octanol–water partition coefficient (Wildman–Crippen LogP) is 2.00. The van der Waals surface area contributed by atoms with Gasteiger partial charge in [0.2, 0.25) is 5.91 Å². The SMILES string of the molecule is CC(=O)CC(=O)N(C)C1CCCCC1C. The van der Waals surface area contributed by atoms with E-state index in [4.69, 9.17) is 0 Å².